The van der Waals surface area contributed by atoms with Crippen LogP contribution in [0.2, 0.25) is 0 Å². The second-order valence-corrected chi connectivity index (χ2v) is 15.6. The van der Waals surface area contributed by atoms with Crippen LogP contribution in [0, 0.1) is 0 Å². The fourth-order valence-corrected chi connectivity index (χ4v) is 7.94. The molecule has 57 heavy (non-hydrogen) atoms. The second-order valence-electron chi connectivity index (χ2n) is 15.6. The number of nitrogens with one attached hydrogen (secondary N) is 2. The number of aromatic nitrogens is 2. The highest BCUT2D eigenvalue weighted by Gasteiger charge is 2.45. The van der Waals surface area contributed by atoms with Crippen LogP contribution < -0.4 is 25.0 Å². The minimum absolute atomic E-state index is 0.0385. The first-order chi connectivity index (χ1) is 27.5. The van der Waals surface area contributed by atoms with Crippen molar-refractivity contribution < 1.29 is 33.8 Å². The van der Waals surface area contributed by atoms with Gasteiger partial charge in [0.1, 0.15) is 30.3 Å². The van der Waals surface area contributed by atoms with Crippen molar-refractivity contribution in [2.24, 2.45) is 0 Å². The summed E-state index contributed by atoms with van der Waals surface area (Å²) in [6, 6.07) is 22.5. The van der Waals surface area contributed by atoms with Crippen LogP contribution in [0.15, 0.2) is 79.0 Å². The van der Waals surface area contributed by atoms with Gasteiger partial charge >= 0.3 is 0 Å². The number of piperazine rings is 1. The summed E-state index contributed by atoms with van der Waals surface area (Å²) in [5.41, 5.74) is 4.10. The molecule has 4 heterocycles. The number of imide groups is 2. The van der Waals surface area contributed by atoms with E-state index < -0.39 is 29.7 Å². The molecular weight excluding hydrogens is 727 g/mol. The van der Waals surface area contributed by atoms with Crippen LogP contribution in [0.3, 0.4) is 0 Å². The minimum atomic E-state index is -0.989. The Balaban J connectivity index is 0.802. The number of carbonyl (C=O) groups excluding carboxylic acids is 4. The molecule has 3 aliphatic heterocycles. The molecule has 4 aromatic rings. The van der Waals surface area contributed by atoms with Gasteiger partial charge in [0.2, 0.25) is 17.8 Å². The molecule has 4 aliphatic rings. The molecule has 0 radical (unpaired) electrons. The molecule has 14 nitrogen and oxygen atoms in total. The number of anilines is 2. The largest absolute Gasteiger partial charge is 0.490 e. The molecule has 1 atom stereocenters. The number of carbonyl (C=O) groups is 4. The number of hydrogen-bond donors (Lipinski definition) is 3. The molecule has 3 fully saturated rings. The van der Waals surface area contributed by atoms with Gasteiger partial charge < -0.3 is 24.8 Å². The number of amides is 4. The Hall–Kier alpha value is -5.86. The number of aliphatic hydroxyl groups excluding tert-OH is 1. The fourth-order valence-electron chi connectivity index (χ4n) is 7.94. The first-order valence-electron chi connectivity index (χ1n) is 19.6. The van der Waals surface area contributed by atoms with Crippen LogP contribution in [0.5, 0.6) is 11.5 Å². The van der Waals surface area contributed by atoms with Gasteiger partial charge in [-0.15, -0.1) is 0 Å². The van der Waals surface area contributed by atoms with Gasteiger partial charge in [-0.25, -0.2) is 9.97 Å². The van der Waals surface area contributed by atoms with Gasteiger partial charge in [-0.2, -0.15) is 0 Å². The average molecular weight is 774 g/mol. The van der Waals surface area contributed by atoms with Crippen molar-refractivity contribution in [2.75, 3.05) is 49.5 Å². The lowest BCUT2D eigenvalue weighted by Gasteiger charge is -2.36. The third kappa shape index (κ3) is 8.05. The number of β-amino-alcohol motifs (C(OH)–C–C–N with tert-alkyl or cyclic N) is 1. The van der Waals surface area contributed by atoms with Crippen molar-refractivity contribution in [1.29, 1.82) is 0 Å². The van der Waals surface area contributed by atoms with E-state index in [4.69, 9.17) is 14.5 Å². The fraction of sp³-hybridized carbons (Fsp3) is 0.395. The van der Waals surface area contributed by atoms with E-state index in [1.54, 1.807) is 24.4 Å². The van der Waals surface area contributed by atoms with E-state index in [9.17, 15) is 24.3 Å². The number of fused-ring (bicyclic) bond motifs is 1. The highest BCUT2D eigenvalue weighted by molar-refractivity contribution is 6.23. The smallest absolute Gasteiger partial charge is 0.262 e. The van der Waals surface area contributed by atoms with Gasteiger partial charge in [-0.05, 0) is 66.1 Å². The summed E-state index contributed by atoms with van der Waals surface area (Å²) in [7, 11) is 0. The molecule has 1 unspecified atom stereocenters. The Morgan fingerprint density at radius 1 is 0.860 bits per heavy atom. The lowest BCUT2D eigenvalue weighted by atomic mass is 9.78. The summed E-state index contributed by atoms with van der Waals surface area (Å²) < 4.78 is 12.4. The number of nitrogens with zero attached hydrogens (tertiary/aromatic N) is 5. The van der Waals surface area contributed by atoms with E-state index in [0.717, 1.165) is 77.9 Å². The van der Waals surface area contributed by atoms with E-state index in [-0.39, 0.29) is 48.1 Å². The molecule has 4 amide bonds. The number of benzene rings is 3. The Kier molecular flexibility index (Phi) is 10.6. The molecule has 8 rings (SSSR count). The normalized spacial score (nSPS) is 21.2. The number of piperidine rings is 1. The average Bonchev–Trinajstić information content (AvgIpc) is 3.45. The maximum atomic E-state index is 13.2. The van der Waals surface area contributed by atoms with Crippen molar-refractivity contribution in [1.82, 2.24) is 25.1 Å². The molecule has 3 N–H and O–H groups in total. The van der Waals surface area contributed by atoms with Crippen LogP contribution in [-0.4, -0.2) is 106 Å². The molecule has 1 saturated carbocycles. The Morgan fingerprint density at radius 2 is 1.54 bits per heavy atom. The van der Waals surface area contributed by atoms with Crippen molar-refractivity contribution in [3.8, 4) is 11.5 Å². The standard InChI is InChI=1S/C43H47N7O7/c1-43(2,27-3-8-32(9-4-27)56-26-30-15-16-44-42(46-30)49-19-17-48(18-20-49)21-22-51)28-5-10-33(11-6-28)57-34-23-31(24-34)45-29-7-12-35-36(25-29)41(55)50(40(35)54)37-13-14-38(52)47-39(37)53/h3-12,15-16,25,31,34,37,45,51H,13-14,17-24,26H2,1-2H3,(H,47,52,53). The van der Waals surface area contributed by atoms with Crippen LogP contribution in [0.4, 0.5) is 11.6 Å². The molecular formula is C43H47N7O7. The topological polar surface area (TPSA) is 167 Å². The van der Waals surface area contributed by atoms with Gasteiger partial charge in [0.05, 0.1) is 23.4 Å². The second kappa shape index (κ2) is 15.9. The summed E-state index contributed by atoms with van der Waals surface area (Å²) in [5, 5.41) is 14.9. The molecule has 14 heteroatoms. The van der Waals surface area contributed by atoms with E-state index in [0.29, 0.717) is 19.1 Å². The molecule has 1 aliphatic carbocycles. The van der Waals surface area contributed by atoms with Crippen LogP contribution in [-0.2, 0) is 21.6 Å². The van der Waals surface area contributed by atoms with Gasteiger partial charge in [-0.3, -0.25) is 34.3 Å². The first kappa shape index (κ1) is 38.0. The zero-order chi connectivity index (χ0) is 39.7. The highest BCUT2D eigenvalue weighted by Crippen LogP contribution is 2.36. The SMILES string of the molecule is CC(C)(c1ccc(OCc2ccnc(N3CCN(CCO)CC3)n2)cc1)c1ccc(OC2CC(Nc3ccc4c(c3)C(=O)N(C3CCC(=O)NC3=O)C4=O)C2)cc1. The van der Waals surface area contributed by atoms with E-state index in [1.165, 1.54) is 0 Å². The predicted molar refractivity (Wildman–Crippen MR) is 211 cm³/mol. The summed E-state index contributed by atoms with van der Waals surface area (Å²) >= 11 is 0. The molecule has 2 saturated heterocycles. The maximum Gasteiger partial charge on any atom is 0.262 e. The predicted octanol–water partition coefficient (Wildman–Crippen LogP) is 3.92. The lowest BCUT2D eigenvalue weighted by Crippen LogP contribution is -2.54. The molecule has 3 aromatic carbocycles. The quantitative estimate of drug-likeness (QED) is 0.168. The Morgan fingerprint density at radius 3 is 2.23 bits per heavy atom. The number of rotatable bonds is 13. The summed E-state index contributed by atoms with van der Waals surface area (Å²) in [6.07, 6.45) is 3.56. The summed E-state index contributed by atoms with van der Waals surface area (Å²) in [5.74, 6) is 0.205. The number of ether oxygens (including phenoxy) is 2. The minimum Gasteiger partial charge on any atom is -0.490 e. The van der Waals surface area contributed by atoms with Gasteiger partial charge in [0.25, 0.3) is 11.8 Å². The van der Waals surface area contributed by atoms with Gasteiger partial charge in [-0.1, -0.05) is 38.1 Å². The number of aliphatic hydroxyl groups is 1. The summed E-state index contributed by atoms with van der Waals surface area (Å²) in [4.78, 5) is 64.8. The molecule has 0 bridgehead atoms. The Bertz CT molecular complexity index is 2150. The van der Waals surface area contributed by atoms with Crippen LogP contribution in [0.1, 0.15) is 77.1 Å². The lowest BCUT2D eigenvalue weighted by molar-refractivity contribution is -0.136. The van der Waals surface area contributed by atoms with Gasteiger partial charge in [0.15, 0.2) is 0 Å². The van der Waals surface area contributed by atoms with E-state index >= 15 is 0 Å². The van der Waals surface area contributed by atoms with E-state index in [2.05, 4.69) is 63.5 Å². The molecule has 0 spiro atoms. The van der Waals surface area contributed by atoms with Crippen LogP contribution in [0.25, 0.3) is 0 Å². The zero-order valence-corrected chi connectivity index (χ0v) is 32.1. The van der Waals surface area contributed by atoms with Crippen molar-refractivity contribution >= 4 is 35.3 Å². The van der Waals surface area contributed by atoms with Crippen LogP contribution >= 0.6 is 0 Å². The monoisotopic (exact) mass is 773 g/mol. The van der Waals surface area contributed by atoms with Gasteiger partial charge in [0, 0.05) is 75.3 Å². The third-order valence-electron chi connectivity index (χ3n) is 11.5. The maximum absolute atomic E-state index is 13.2. The van der Waals surface area contributed by atoms with Crippen molar-refractivity contribution in [3.05, 3.63) is 107 Å². The Labute approximate surface area is 331 Å². The summed E-state index contributed by atoms with van der Waals surface area (Å²) in [6.45, 7) is 8.99. The third-order valence-corrected chi connectivity index (χ3v) is 11.5. The molecule has 1 aromatic heterocycles. The molecule has 296 valence electrons. The highest BCUT2D eigenvalue weighted by atomic mass is 16.5. The zero-order valence-electron chi connectivity index (χ0n) is 32.1. The van der Waals surface area contributed by atoms with Crippen molar-refractivity contribution in [2.45, 2.75) is 69.7 Å². The van der Waals surface area contributed by atoms with E-state index in [1.807, 2.05) is 30.3 Å². The number of hydrogen-bond acceptors (Lipinski definition) is 12. The van der Waals surface area contributed by atoms with Crippen molar-refractivity contribution in [3.63, 3.8) is 0 Å². The first-order valence-corrected chi connectivity index (χ1v) is 19.6.